The van der Waals surface area contributed by atoms with E-state index in [0.29, 0.717) is 18.8 Å². The molecular weight excluding hydrogens is 380 g/mol. The summed E-state index contributed by atoms with van der Waals surface area (Å²) < 4.78 is 6.63. The van der Waals surface area contributed by atoms with Crippen molar-refractivity contribution in [3.63, 3.8) is 0 Å². The molecule has 0 amide bonds. The smallest absolute Gasteiger partial charge is 0.271 e. The first-order valence-electron chi connectivity index (χ1n) is 9.66. The Morgan fingerprint density at radius 3 is 2.47 bits per heavy atom. The Morgan fingerprint density at radius 2 is 1.80 bits per heavy atom. The van der Waals surface area contributed by atoms with Crippen LogP contribution >= 0.6 is 0 Å². The highest BCUT2D eigenvalue weighted by atomic mass is 16.5. The lowest BCUT2D eigenvalue weighted by Gasteiger charge is -2.16. The Labute approximate surface area is 174 Å². The van der Waals surface area contributed by atoms with Crippen LogP contribution in [0.3, 0.4) is 0 Å². The van der Waals surface area contributed by atoms with Gasteiger partial charge in [-0.15, -0.1) is 0 Å². The number of benzene rings is 2. The van der Waals surface area contributed by atoms with Crippen LogP contribution in [-0.2, 0) is 13.0 Å². The molecule has 0 saturated heterocycles. The first-order chi connectivity index (χ1) is 14.5. The van der Waals surface area contributed by atoms with Crippen molar-refractivity contribution in [2.24, 2.45) is 0 Å². The van der Waals surface area contributed by atoms with E-state index in [9.17, 15) is 20.0 Å². The highest BCUT2D eigenvalue weighted by Gasteiger charge is 2.26. The molecule has 1 heterocycles. The molecule has 3 rings (SSSR count). The summed E-state index contributed by atoms with van der Waals surface area (Å²) in [6.07, 6.45) is 0.464. The number of pyridine rings is 1. The van der Waals surface area contributed by atoms with Gasteiger partial charge in [0.15, 0.2) is 0 Å². The van der Waals surface area contributed by atoms with E-state index in [4.69, 9.17) is 4.74 Å². The zero-order chi connectivity index (χ0) is 21.7. The van der Waals surface area contributed by atoms with E-state index in [2.05, 4.69) is 0 Å². The highest BCUT2D eigenvalue weighted by molar-refractivity contribution is 6.13. The minimum absolute atomic E-state index is 0.0636. The maximum atomic E-state index is 13.3. The van der Waals surface area contributed by atoms with Crippen LogP contribution in [0.15, 0.2) is 59.4 Å². The van der Waals surface area contributed by atoms with Gasteiger partial charge in [-0.3, -0.25) is 14.2 Å². The monoisotopic (exact) mass is 402 g/mol. The SMILES string of the molecule is CCOc1ccccc1C(=O)c1c(C)c(C#N)c(=O)n(CCc2ccccc2)c1O. The molecular formula is C24H22N2O4. The van der Waals surface area contributed by atoms with Gasteiger partial charge in [0.1, 0.15) is 17.4 Å². The third-order valence-electron chi connectivity index (χ3n) is 4.93. The van der Waals surface area contributed by atoms with E-state index in [0.717, 1.165) is 10.1 Å². The maximum absolute atomic E-state index is 13.3. The molecule has 0 radical (unpaired) electrons. The van der Waals surface area contributed by atoms with E-state index < -0.39 is 17.2 Å². The second-order valence-corrected chi connectivity index (χ2v) is 6.76. The van der Waals surface area contributed by atoms with Gasteiger partial charge in [-0.2, -0.15) is 5.26 Å². The molecule has 30 heavy (non-hydrogen) atoms. The lowest BCUT2D eigenvalue weighted by molar-refractivity contribution is 0.103. The molecule has 0 saturated carbocycles. The number of carbonyl (C=O) groups is 1. The lowest BCUT2D eigenvalue weighted by atomic mass is 9.96. The number of nitriles is 1. The first-order valence-corrected chi connectivity index (χ1v) is 9.66. The minimum Gasteiger partial charge on any atom is -0.494 e. The van der Waals surface area contributed by atoms with Crippen molar-refractivity contribution < 1.29 is 14.6 Å². The predicted molar refractivity (Wildman–Crippen MR) is 113 cm³/mol. The van der Waals surface area contributed by atoms with E-state index in [1.807, 2.05) is 43.3 Å². The van der Waals surface area contributed by atoms with E-state index >= 15 is 0 Å². The molecule has 0 spiro atoms. The Morgan fingerprint density at radius 1 is 1.13 bits per heavy atom. The van der Waals surface area contributed by atoms with Gasteiger partial charge in [0.2, 0.25) is 11.7 Å². The van der Waals surface area contributed by atoms with Gasteiger partial charge in [0.05, 0.1) is 17.7 Å². The number of aryl methyl sites for hydroxylation is 1. The molecule has 6 nitrogen and oxygen atoms in total. The van der Waals surface area contributed by atoms with Crippen LogP contribution in [0, 0.1) is 18.3 Å². The largest absolute Gasteiger partial charge is 0.494 e. The second-order valence-electron chi connectivity index (χ2n) is 6.76. The summed E-state index contributed by atoms with van der Waals surface area (Å²) >= 11 is 0. The Kier molecular flexibility index (Phi) is 6.33. The van der Waals surface area contributed by atoms with Crippen LogP contribution in [0.2, 0.25) is 0 Å². The van der Waals surface area contributed by atoms with Crippen molar-refractivity contribution in [2.75, 3.05) is 6.61 Å². The molecule has 0 fully saturated rings. The fourth-order valence-corrected chi connectivity index (χ4v) is 3.39. The molecule has 2 aromatic carbocycles. The molecule has 1 aromatic heterocycles. The second kappa shape index (κ2) is 9.10. The number of aromatic nitrogens is 1. The van der Waals surface area contributed by atoms with Crippen molar-refractivity contribution in [1.29, 1.82) is 5.26 Å². The van der Waals surface area contributed by atoms with Gasteiger partial charge >= 0.3 is 0 Å². The number of ether oxygens (including phenoxy) is 1. The summed E-state index contributed by atoms with van der Waals surface area (Å²) in [5.41, 5.74) is 0.558. The molecule has 0 aliphatic heterocycles. The van der Waals surface area contributed by atoms with Crippen LogP contribution in [-0.4, -0.2) is 22.1 Å². The van der Waals surface area contributed by atoms with Gasteiger partial charge in [0, 0.05) is 6.54 Å². The fraction of sp³-hybridized carbons (Fsp3) is 0.208. The molecule has 0 aliphatic rings. The van der Waals surface area contributed by atoms with E-state index in [-0.39, 0.29) is 28.8 Å². The molecule has 3 aromatic rings. The summed E-state index contributed by atoms with van der Waals surface area (Å²) in [5, 5.41) is 20.4. The molecule has 1 N–H and O–H groups in total. The average molecular weight is 402 g/mol. The molecule has 0 atom stereocenters. The third-order valence-corrected chi connectivity index (χ3v) is 4.93. The first kappa shape index (κ1) is 20.9. The summed E-state index contributed by atoms with van der Waals surface area (Å²) in [4.78, 5) is 26.1. The summed E-state index contributed by atoms with van der Waals surface area (Å²) in [5.74, 6) is -0.563. The Balaban J connectivity index is 2.12. The minimum atomic E-state index is -0.613. The van der Waals surface area contributed by atoms with Crippen molar-refractivity contribution in [3.05, 3.63) is 92.8 Å². The van der Waals surface area contributed by atoms with Gasteiger partial charge in [-0.25, -0.2) is 0 Å². The van der Waals surface area contributed by atoms with Gasteiger partial charge < -0.3 is 9.84 Å². The summed E-state index contributed by atoms with van der Waals surface area (Å²) in [6, 6.07) is 18.1. The topological polar surface area (TPSA) is 92.3 Å². The predicted octanol–water partition coefficient (Wildman–Crippen LogP) is 3.61. The molecule has 0 unspecified atom stereocenters. The number of aromatic hydroxyl groups is 1. The van der Waals surface area contributed by atoms with Crippen LogP contribution in [0.1, 0.15) is 39.5 Å². The van der Waals surface area contributed by atoms with Crippen molar-refractivity contribution in [3.8, 4) is 17.7 Å². The number of hydrogen-bond donors (Lipinski definition) is 1. The highest BCUT2D eigenvalue weighted by Crippen LogP contribution is 2.29. The van der Waals surface area contributed by atoms with Crippen molar-refractivity contribution in [2.45, 2.75) is 26.8 Å². The maximum Gasteiger partial charge on any atom is 0.271 e. The molecule has 0 aliphatic carbocycles. The number of ketones is 1. The number of carbonyl (C=O) groups excluding carboxylic acids is 1. The summed E-state index contributed by atoms with van der Waals surface area (Å²) in [6.45, 7) is 3.81. The van der Waals surface area contributed by atoms with Crippen LogP contribution in [0.4, 0.5) is 0 Å². The molecule has 0 bridgehead atoms. The van der Waals surface area contributed by atoms with Crippen molar-refractivity contribution in [1.82, 2.24) is 4.57 Å². The number of rotatable bonds is 7. The normalized spacial score (nSPS) is 10.4. The van der Waals surface area contributed by atoms with Crippen LogP contribution < -0.4 is 10.3 Å². The number of para-hydroxylation sites is 1. The van der Waals surface area contributed by atoms with Crippen LogP contribution in [0.5, 0.6) is 11.6 Å². The van der Waals surface area contributed by atoms with E-state index in [1.54, 1.807) is 24.3 Å². The Hall–Kier alpha value is -3.85. The molecule has 152 valence electrons. The molecule has 6 heteroatoms. The average Bonchev–Trinajstić information content (AvgIpc) is 2.75. The van der Waals surface area contributed by atoms with Gasteiger partial charge in [-0.1, -0.05) is 42.5 Å². The van der Waals surface area contributed by atoms with Gasteiger partial charge in [-0.05, 0) is 43.5 Å². The number of hydrogen-bond acceptors (Lipinski definition) is 5. The van der Waals surface area contributed by atoms with Crippen LogP contribution in [0.25, 0.3) is 0 Å². The lowest BCUT2D eigenvalue weighted by Crippen LogP contribution is -2.27. The zero-order valence-corrected chi connectivity index (χ0v) is 16.9. The zero-order valence-electron chi connectivity index (χ0n) is 16.9. The fourth-order valence-electron chi connectivity index (χ4n) is 3.39. The number of nitrogens with zero attached hydrogens (tertiary/aromatic N) is 2. The summed E-state index contributed by atoms with van der Waals surface area (Å²) in [7, 11) is 0. The quantitative estimate of drug-likeness (QED) is 0.610. The Bertz CT molecular complexity index is 1170. The van der Waals surface area contributed by atoms with Gasteiger partial charge in [0.25, 0.3) is 5.56 Å². The standard InChI is InChI=1S/C24H22N2O4/c1-3-30-20-12-8-7-11-18(20)22(27)21-16(2)19(15-25)23(28)26(24(21)29)14-13-17-9-5-4-6-10-17/h4-12,29H,3,13-14H2,1-2H3. The third kappa shape index (κ3) is 3.96. The van der Waals surface area contributed by atoms with Crippen molar-refractivity contribution >= 4 is 5.78 Å². The van der Waals surface area contributed by atoms with E-state index in [1.165, 1.54) is 6.92 Å².